The number of likely N-dealkylation sites (N-methyl/N-ethyl adjacent to an activating group) is 2. The van der Waals surface area contributed by atoms with Gasteiger partial charge in [-0.15, -0.1) is 12.4 Å². The number of ether oxygens (including phenoxy) is 2. The Morgan fingerprint density at radius 3 is 2.58 bits per heavy atom. The maximum Gasteiger partial charge on any atom is 0.253 e. The molecule has 1 amide bonds. The van der Waals surface area contributed by atoms with E-state index >= 15 is 0 Å². The Morgan fingerprint density at radius 2 is 2.04 bits per heavy atom. The highest BCUT2D eigenvalue weighted by Gasteiger charge is 2.18. The number of amides is 1. The number of rotatable bonds is 9. The molecule has 7 heteroatoms. The zero-order valence-electron chi connectivity index (χ0n) is 15.0. The summed E-state index contributed by atoms with van der Waals surface area (Å²) in [5.41, 5.74) is 0.488. The van der Waals surface area contributed by atoms with Crippen molar-refractivity contribution in [1.29, 1.82) is 0 Å². The van der Waals surface area contributed by atoms with Crippen LogP contribution in [0.25, 0.3) is 0 Å². The lowest BCUT2D eigenvalue weighted by atomic mass is 10.1. The molecule has 5 nitrogen and oxygen atoms in total. The maximum absolute atomic E-state index is 12.4. The van der Waals surface area contributed by atoms with E-state index in [0.717, 1.165) is 13.0 Å². The van der Waals surface area contributed by atoms with Gasteiger partial charge < -0.3 is 19.7 Å². The van der Waals surface area contributed by atoms with E-state index in [0.29, 0.717) is 41.2 Å². The lowest BCUT2D eigenvalue weighted by molar-refractivity contribution is 0.0796. The van der Waals surface area contributed by atoms with Gasteiger partial charge in [0, 0.05) is 25.7 Å². The van der Waals surface area contributed by atoms with Crippen LogP contribution in [-0.4, -0.2) is 51.7 Å². The average molecular weight is 379 g/mol. The van der Waals surface area contributed by atoms with Crippen LogP contribution in [0.2, 0.25) is 5.02 Å². The molecular formula is C17H28Cl2N2O3. The minimum absolute atomic E-state index is 0. The largest absolute Gasteiger partial charge is 0.493 e. The summed E-state index contributed by atoms with van der Waals surface area (Å²) in [6.07, 6.45) is 0.924. The van der Waals surface area contributed by atoms with Gasteiger partial charge in [-0.3, -0.25) is 4.79 Å². The molecule has 0 unspecified atom stereocenters. The molecule has 0 bridgehead atoms. The number of halogens is 2. The van der Waals surface area contributed by atoms with E-state index in [1.165, 1.54) is 0 Å². The van der Waals surface area contributed by atoms with Gasteiger partial charge >= 0.3 is 0 Å². The molecule has 138 valence electrons. The van der Waals surface area contributed by atoms with Crippen LogP contribution in [0, 0.1) is 5.92 Å². The standard InChI is InChI=1S/C17H27ClN2O3.ClH/c1-12(2)6-9-23-16-14(18)10-13(11-15(16)22-5)17(21)20(4)8-7-19-3;/h10-12,19H,6-9H2,1-5H3;1H. The van der Waals surface area contributed by atoms with E-state index in [-0.39, 0.29) is 18.3 Å². The molecule has 0 saturated carbocycles. The smallest absolute Gasteiger partial charge is 0.253 e. The van der Waals surface area contributed by atoms with Crippen LogP contribution in [0.15, 0.2) is 12.1 Å². The zero-order chi connectivity index (χ0) is 17.4. The minimum Gasteiger partial charge on any atom is -0.493 e. The number of nitrogens with one attached hydrogen (secondary N) is 1. The van der Waals surface area contributed by atoms with Crippen molar-refractivity contribution < 1.29 is 14.3 Å². The van der Waals surface area contributed by atoms with Gasteiger partial charge in [0.05, 0.1) is 18.7 Å². The van der Waals surface area contributed by atoms with Crippen molar-refractivity contribution in [3.05, 3.63) is 22.7 Å². The number of carbonyl (C=O) groups excluding carboxylic acids is 1. The Morgan fingerprint density at radius 1 is 1.38 bits per heavy atom. The second-order valence-electron chi connectivity index (χ2n) is 5.85. The molecule has 1 aromatic carbocycles. The lowest BCUT2D eigenvalue weighted by Crippen LogP contribution is -2.32. The van der Waals surface area contributed by atoms with Crippen molar-refractivity contribution in [2.75, 3.05) is 40.9 Å². The van der Waals surface area contributed by atoms with Crippen LogP contribution < -0.4 is 14.8 Å². The van der Waals surface area contributed by atoms with Gasteiger partial charge in [-0.05, 0) is 31.5 Å². The van der Waals surface area contributed by atoms with Crippen LogP contribution >= 0.6 is 24.0 Å². The number of carbonyl (C=O) groups is 1. The van der Waals surface area contributed by atoms with Crippen LogP contribution in [0.4, 0.5) is 0 Å². The molecule has 0 saturated heterocycles. The van der Waals surface area contributed by atoms with Gasteiger partial charge in [-0.25, -0.2) is 0 Å². The molecule has 0 spiro atoms. The van der Waals surface area contributed by atoms with Gasteiger partial charge in [0.2, 0.25) is 0 Å². The van der Waals surface area contributed by atoms with Crippen molar-refractivity contribution in [1.82, 2.24) is 10.2 Å². The predicted octanol–water partition coefficient (Wildman–Crippen LogP) is 3.49. The molecule has 0 aliphatic heterocycles. The number of hydrogen-bond acceptors (Lipinski definition) is 4. The molecule has 0 heterocycles. The van der Waals surface area contributed by atoms with Gasteiger partial charge in [0.25, 0.3) is 5.91 Å². The van der Waals surface area contributed by atoms with Crippen LogP contribution in [-0.2, 0) is 0 Å². The zero-order valence-corrected chi connectivity index (χ0v) is 16.6. The van der Waals surface area contributed by atoms with E-state index < -0.39 is 0 Å². The third kappa shape index (κ3) is 6.75. The number of nitrogens with zero attached hydrogens (tertiary/aromatic N) is 1. The van der Waals surface area contributed by atoms with Crippen LogP contribution in [0.5, 0.6) is 11.5 Å². The molecule has 0 aromatic heterocycles. The molecule has 1 N–H and O–H groups in total. The summed E-state index contributed by atoms with van der Waals surface area (Å²) < 4.78 is 11.1. The number of hydrogen-bond donors (Lipinski definition) is 1. The first-order chi connectivity index (χ1) is 10.9. The maximum atomic E-state index is 12.4. The van der Waals surface area contributed by atoms with Crippen molar-refractivity contribution >= 4 is 29.9 Å². The Kier molecular flexibility index (Phi) is 10.8. The van der Waals surface area contributed by atoms with E-state index in [4.69, 9.17) is 21.1 Å². The van der Waals surface area contributed by atoms with Gasteiger partial charge in [-0.2, -0.15) is 0 Å². The van der Waals surface area contributed by atoms with Gasteiger partial charge in [0.1, 0.15) is 0 Å². The third-order valence-corrected chi connectivity index (χ3v) is 3.74. The molecule has 0 aliphatic rings. The summed E-state index contributed by atoms with van der Waals surface area (Å²) in [6, 6.07) is 3.31. The van der Waals surface area contributed by atoms with Crippen LogP contribution in [0.1, 0.15) is 30.6 Å². The minimum atomic E-state index is -0.103. The molecule has 1 rings (SSSR count). The summed E-state index contributed by atoms with van der Waals surface area (Å²) in [5, 5.41) is 3.40. The predicted molar refractivity (Wildman–Crippen MR) is 101 cm³/mol. The second-order valence-corrected chi connectivity index (χ2v) is 6.26. The van der Waals surface area contributed by atoms with E-state index in [1.807, 2.05) is 7.05 Å². The SMILES string of the molecule is CNCCN(C)C(=O)c1cc(Cl)c(OCCC(C)C)c(OC)c1.Cl. The fourth-order valence-corrected chi connectivity index (χ4v) is 2.25. The van der Waals surface area contributed by atoms with E-state index in [1.54, 1.807) is 31.2 Å². The summed E-state index contributed by atoms with van der Waals surface area (Å²) in [6.45, 7) is 6.16. The molecule has 0 fully saturated rings. The van der Waals surface area contributed by atoms with Crippen molar-refractivity contribution in [2.45, 2.75) is 20.3 Å². The highest BCUT2D eigenvalue weighted by atomic mass is 35.5. The monoisotopic (exact) mass is 378 g/mol. The molecule has 0 aliphatic carbocycles. The number of benzene rings is 1. The third-order valence-electron chi connectivity index (χ3n) is 3.46. The first-order valence-corrected chi connectivity index (χ1v) is 8.18. The summed E-state index contributed by atoms with van der Waals surface area (Å²) in [7, 11) is 5.15. The normalized spacial score (nSPS) is 10.3. The quantitative estimate of drug-likeness (QED) is 0.714. The van der Waals surface area contributed by atoms with Crippen LogP contribution in [0.3, 0.4) is 0 Å². The fraction of sp³-hybridized carbons (Fsp3) is 0.588. The van der Waals surface area contributed by atoms with E-state index in [9.17, 15) is 4.79 Å². The van der Waals surface area contributed by atoms with Gasteiger partial charge in [0.15, 0.2) is 11.5 Å². The highest BCUT2D eigenvalue weighted by molar-refractivity contribution is 6.32. The Bertz CT molecular complexity index is 525. The number of methoxy groups -OCH3 is 1. The molecule has 0 radical (unpaired) electrons. The van der Waals surface area contributed by atoms with E-state index in [2.05, 4.69) is 19.2 Å². The van der Waals surface area contributed by atoms with Crippen molar-refractivity contribution in [3.8, 4) is 11.5 Å². The van der Waals surface area contributed by atoms with Crippen molar-refractivity contribution in [2.24, 2.45) is 5.92 Å². The molecule has 24 heavy (non-hydrogen) atoms. The molecule has 0 atom stereocenters. The Labute approximate surface area is 156 Å². The fourth-order valence-electron chi connectivity index (χ4n) is 1.98. The lowest BCUT2D eigenvalue weighted by Gasteiger charge is -2.19. The summed E-state index contributed by atoms with van der Waals surface area (Å²) in [5.74, 6) is 1.41. The second kappa shape index (κ2) is 11.4. The van der Waals surface area contributed by atoms with Gasteiger partial charge in [-0.1, -0.05) is 25.4 Å². The Balaban J connectivity index is 0.00000529. The molecular weight excluding hydrogens is 351 g/mol. The summed E-state index contributed by atoms with van der Waals surface area (Å²) >= 11 is 6.29. The topological polar surface area (TPSA) is 50.8 Å². The van der Waals surface area contributed by atoms with Crippen molar-refractivity contribution in [3.63, 3.8) is 0 Å². The Hall–Kier alpha value is -1.17. The highest BCUT2D eigenvalue weighted by Crippen LogP contribution is 2.36. The summed E-state index contributed by atoms with van der Waals surface area (Å²) in [4.78, 5) is 14.1. The molecule has 1 aromatic rings. The average Bonchev–Trinajstić information content (AvgIpc) is 2.52. The first-order valence-electron chi connectivity index (χ1n) is 7.81. The first kappa shape index (κ1) is 22.8.